The molecule has 1 amide bonds. The molecule has 0 saturated heterocycles. The molecule has 0 aliphatic heterocycles. The highest BCUT2D eigenvalue weighted by atomic mass is 16.6. The smallest absolute Gasteiger partial charge is 0.270 e. The van der Waals surface area contributed by atoms with Crippen molar-refractivity contribution in [3.05, 3.63) is 69.8 Å². The van der Waals surface area contributed by atoms with E-state index in [4.69, 9.17) is 9.47 Å². The number of carbonyl (C=O) groups is 1. The van der Waals surface area contributed by atoms with Crippen molar-refractivity contribution < 1.29 is 19.2 Å². The van der Waals surface area contributed by atoms with Crippen LogP contribution in [0.25, 0.3) is 6.08 Å². The Morgan fingerprint density at radius 3 is 2.52 bits per heavy atom. The third kappa shape index (κ3) is 5.31. The van der Waals surface area contributed by atoms with E-state index in [-0.39, 0.29) is 11.6 Å². The number of carbonyl (C=O) groups excluding carboxylic acids is 1. The van der Waals surface area contributed by atoms with Gasteiger partial charge in [-0.05, 0) is 36.3 Å². The highest BCUT2D eigenvalue weighted by Gasteiger charge is 2.12. The van der Waals surface area contributed by atoms with Crippen LogP contribution < -0.4 is 9.47 Å². The number of amides is 1. The van der Waals surface area contributed by atoms with Gasteiger partial charge in [0.25, 0.3) is 5.69 Å². The second-order valence-corrected chi connectivity index (χ2v) is 5.73. The summed E-state index contributed by atoms with van der Waals surface area (Å²) in [6, 6.07) is 11.6. The van der Waals surface area contributed by atoms with Gasteiger partial charge in [0.2, 0.25) is 5.91 Å². The van der Waals surface area contributed by atoms with Crippen LogP contribution in [0.1, 0.15) is 18.1 Å². The fourth-order valence-electron chi connectivity index (χ4n) is 2.56. The summed E-state index contributed by atoms with van der Waals surface area (Å²) in [6.07, 6.45) is 3.00. The van der Waals surface area contributed by atoms with Crippen LogP contribution >= 0.6 is 0 Å². The Bertz CT molecular complexity index is 848. The number of hydrogen-bond acceptors (Lipinski definition) is 5. The minimum atomic E-state index is -0.464. The number of nitrogens with zero attached hydrogens (tertiary/aromatic N) is 2. The molecule has 0 unspecified atom stereocenters. The highest BCUT2D eigenvalue weighted by Crippen LogP contribution is 2.28. The summed E-state index contributed by atoms with van der Waals surface area (Å²) in [5.74, 6) is 1.05. The maximum absolute atomic E-state index is 12.5. The minimum Gasteiger partial charge on any atom is -0.493 e. The number of nitro benzene ring substituents is 1. The van der Waals surface area contributed by atoms with Gasteiger partial charge in [-0.3, -0.25) is 14.9 Å². The maximum Gasteiger partial charge on any atom is 0.270 e. The number of rotatable bonds is 8. The lowest BCUT2D eigenvalue weighted by Gasteiger charge is -2.20. The molecular weight excluding hydrogens is 348 g/mol. The lowest BCUT2D eigenvalue weighted by Crippen LogP contribution is -2.28. The molecule has 7 heteroatoms. The van der Waals surface area contributed by atoms with E-state index in [0.717, 1.165) is 5.56 Å². The predicted molar refractivity (Wildman–Crippen MR) is 103 cm³/mol. The molecule has 0 bridgehead atoms. The van der Waals surface area contributed by atoms with E-state index < -0.39 is 4.92 Å². The van der Waals surface area contributed by atoms with Crippen molar-refractivity contribution in [3.8, 4) is 11.5 Å². The first kappa shape index (κ1) is 20.0. The van der Waals surface area contributed by atoms with E-state index in [2.05, 4.69) is 0 Å². The van der Waals surface area contributed by atoms with Gasteiger partial charge in [0.1, 0.15) is 0 Å². The summed E-state index contributed by atoms with van der Waals surface area (Å²) < 4.78 is 10.5. The molecule has 0 aromatic heterocycles. The number of benzene rings is 2. The van der Waals surface area contributed by atoms with Gasteiger partial charge in [-0.2, -0.15) is 0 Å². The maximum atomic E-state index is 12.5. The molecular formula is C20H22N2O5. The van der Waals surface area contributed by atoms with E-state index in [1.54, 1.807) is 43.4 Å². The Labute approximate surface area is 158 Å². The Morgan fingerprint density at radius 1 is 1.15 bits per heavy atom. The molecule has 142 valence electrons. The zero-order chi connectivity index (χ0) is 19.8. The predicted octanol–water partition coefficient (Wildman–Crippen LogP) is 3.67. The van der Waals surface area contributed by atoms with Crippen molar-refractivity contribution in [2.75, 3.05) is 20.8 Å². The molecule has 0 aliphatic rings. The second-order valence-electron chi connectivity index (χ2n) is 5.73. The van der Waals surface area contributed by atoms with E-state index in [1.165, 1.54) is 18.2 Å². The molecule has 0 N–H and O–H groups in total. The molecule has 0 heterocycles. The summed E-state index contributed by atoms with van der Waals surface area (Å²) in [6.45, 7) is 2.82. The van der Waals surface area contributed by atoms with Crippen LogP contribution in [0.3, 0.4) is 0 Å². The molecule has 0 spiro atoms. The van der Waals surface area contributed by atoms with Crippen molar-refractivity contribution in [3.63, 3.8) is 0 Å². The van der Waals surface area contributed by atoms with Crippen molar-refractivity contribution in [1.82, 2.24) is 4.90 Å². The lowest BCUT2D eigenvalue weighted by molar-refractivity contribution is -0.384. The topological polar surface area (TPSA) is 81.9 Å². The lowest BCUT2D eigenvalue weighted by atomic mass is 10.1. The monoisotopic (exact) mass is 370 g/mol. The van der Waals surface area contributed by atoms with Crippen LogP contribution in [-0.2, 0) is 11.3 Å². The van der Waals surface area contributed by atoms with Gasteiger partial charge in [0, 0.05) is 31.3 Å². The van der Waals surface area contributed by atoms with Gasteiger partial charge in [0.05, 0.1) is 19.1 Å². The Hall–Kier alpha value is -3.35. The number of ether oxygens (including phenoxy) is 2. The standard InChI is InChI=1S/C20H22N2O5/c1-4-21(14-16-8-10-18(26-2)19(13-16)27-3)20(23)11-9-15-6-5-7-17(12-15)22(24)25/h5-13H,4,14H2,1-3H3/b11-9+. The average molecular weight is 370 g/mol. The van der Waals surface area contributed by atoms with Crippen LogP contribution in [0, 0.1) is 10.1 Å². The Morgan fingerprint density at radius 2 is 1.89 bits per heavy atom. The summed E-state index contributed by atoms with van der Waals surface area (Å²) >= 11 is 0. The summed E-state index contributed by atoms with van der Waals surface area (Å²) in [5, 5.41) is 10.8. The van der Waals surface area contributed by atoms with Gasteiger partial charge < -0.3 is 14.4 Å². The molecule has 0 atom stereocenters. The van der Waals surface area contributed by atoms with E-state index >= 15 is 0 Å². The quantitative estimate of drug-likeness (QED) is 0.402. The summed E-state index contributed by atoms with van der Waals surface area (Å²) in [4.78, 5) is 24.5. The van der Waals surface area contributed by atoms with Crippen molar-refractivity contribution in [2.45, 2.75) is 13.5 Å². The molecule has 27 heavy (non-hydrogen) atoms. The van der Waals surface area contributed by atoms with Crippen molar-refractivity contribution >= 4 is 17.7 Å². The Kier molecular flexibility index (Phi) is 6.93. The number of likely N-dealkylation sites (N-methyl/N-ethyl adjacent to an activating group) is 1. The minimum absolute atomic E-state index is 0.0118. The van der Waals surface area contributed by atoms with Crippen molar-refractivity contribution in [1.29, 1.82) is 0 Å². The first-order valence-electron chi connectivity index (χ1n) is 8.40. The summed E-state index contributed by atoms with van der Waals surface area (Å²) in [7, 11) is 3.13. The van der Waals surface area contributed by atoms with Gasteiger partial charge in [0.15, 0.2) is 11.5 Å². The molecule has 2 aromatic carbocycles. The van der Waals surface area contributed by atoms with Crippen molar-refractivity contribution in [2.24, 2.45) is 0 Å². The van der Waals surface area contributed by atoms with Crippen LogP contribution in [0.15, 0.2) is 48.5 Å². The number of non-ortho nitro benzene ring substituents is 1. The second kappa shape index (κ2) is 9.38. The largest absolute Gasteiger partial charge is 0.493 e. The SMILES string of the molecule is CCN(Cc1ccc(OC)c(OC)c1)C(=O)/C=C/c1cccc([N+](=O)[O-])c1. The molecule has 2 rings (SSSR count). The summed E-state index contributed by atoms with van der Waals surface area (Å²) in [5.41, 5.74) is 1.49. The number of methoxy groups -OCH3 is 2. The van der Waals surface area contributed by atoms with Crippen LogP contribution in [0.4, 0.5) is 5.69 Å². The average Bonchev–Trinajstić information content (AvgIpc) is 2.70. The molecule has 0 saturated carbocycles. The third-order valence-electron chi connectivity index (χ3n) is 4.01. The molecule has 7 nitrogen and oxygen atoms in total. The zero-order valence-corrected chi connectivity index (χ0v) is 15.5. The molecule has 0 fully saturated rings. The van der Waals surface area contributed by atoms with E-state index in [9.17, 15) is 14.9 Å². The van der Waals surface area contributed by atoms with Crippen LogP contribution in [0.5, 0.6) is 11.5 Å². The molecule has 0 radical (unpaired) electrons. The van der Waals surface area contributed by atoms with Gasteiger partial charge >= 0.3 is 0 Å². The molecule has 0 aliphatic carbocycles. The highest BCUT2D eigenvalue weighted by molar-refractivity contribution is 5.91. The molecule has 2 aromatic rings. The zero-order valence-electron chi connectivity index (χ0n) is 15.5. The first-order valence-corrected chi connectivity index (χ1v) is 8.40. The Balaban J connectivity index is 2.12. The number of nitro groups is 1. The number of hydrogen-bond donors (Lipinski definition) is 0. The van der Waals surface area contributed by atoms with E-state index in [0.29, 0.717) is 30.2 Å². The van der Waals surface area contributed by atoms with Crippen LogP contribution in [-0.4, -0.2) is 36.5 Å². The van der Waals surface area contributed by atoms with Gasteiger partial charge in [-0.15, -0.1) is 0 Å². The fourth-order valence-corrected chi connectivity index (χ4v) is 2.56. The van der Waals surface area contributed by atoms with Gasteiger partial charge in [-0.1, -0.05) is 18.2 Å². The third-order valence-corrected chi connectivity index (χ3v) is 4.01. The normalized spacial score (nSPS) is 10.6. The van der Waals surface area contributed by atoms with Gasteiger partial charge in [-0.25, -0.2) is 0 Å². The van der Waals surface area contributed by atoms with E-state index in [1.807, 2.05) is 19.1 Å². The van der Waals surface area contributed by atoms with Crippen LogP contribution in [0.2, 0.25) is 0 Å². The fraction of sp³-hybridized carbons (Fsp3) is 0.250. The first-order chi connectivity index (χ1) is 13.0.